The third kappa shape index (κ3) is 1.34. The zero-order chi connectivity index (χ0) is 10.3. The number of hydrogen-bond donors (Lipinski definition) is 1. The number of nitrogens with zero attached hydrogens (tertiary/aromatic N) is 3. The summed E-state index contributed by atoms with van der Waals surface area (Å²) in [5.74, 6) is 1.55. The van der Waals surface area contributed by atoms with Crippen LogP contribution in [0.3, 0.4) is 0 Å². The predicted molar refractivity (Wildman–Crippen MR) is 56.0 cm³/mol. The third-order valence-electron chi connectivity index (χ3n) is 2.97. The largest absolute Gasteiger partial charge is 0.481 e. The van der Waals surface area contributed by atoms with E-state index in [4.69, 9.17) is 4.74 Å². The van der Waals surface area contributed by atoms with Gasteiger partial charge >= 0.3 is 0 Å². The maximum atomic E-state index is 5.30. The lowest BCUT2D eigenvalue weighted by molar-refractivity contribution is 0.390. The Kier molecular flexibility index (Phi) is 1.98. The summed E-state index contributed by atoms with van der Waals surface area (Å²) in [5, 5.41) is 3.26. The Morgan fingerprint density at radius 2 is 2.13 bits per heavy atom. The summed E-state index contributed by atoms with van der Waals surface area (Å²) in [6, 6.07) is 0. The molecule has 3 heterocycles. The van der Waals surface area contributed by atoms with E-state index in [-0.39, 0.29) is 0 Å². The Labute approximate surface area is 88.5 Å². The number of hydrogen-bond acceptors (Lipinski definition) is 5. The van der Waals surface area contributed by atoms with Crippen molar-refractivity contribution in [1.29, 1.82) is 0 Å². The highest BCUT2D eigenvalue weighted by Gasteiger charge is 2.24. The molecule has 5 heteroatoms. The van der Waals surface area contributed by atoms with Crippen molar-refractivity contribution in [2.75, 3.05) is 25.1 Å². The molecule has 3 rings (SSSR count). The van der Waals surface area contributed by atoms with Gasteiger partial charge in [0.1, 0.15) is 0 Å². The van der Waals surface area contributed by atoms with Crippen LogP contribution in [0.5, 0.6) is 5.88 Å². The lowest BCUT2D eigenvalue weighted by Gasteiger charge is -2.31. The Bertz CT molecular complexity index is 389. The van der Waals surface area contributed by atoms with E-state index in [1.54, 1.807) is 7.11 Å². The summed E-state index contributed by atoms with van der Waals surface area (Å²) in [6.07, 6.45) is 1.24. The van der Waals surface area contributed by atoms with Gasteiger partial charge in [0.25, 0.3) is 0 Å². The van der Waals surface area contributed by atoms with Crippen LogP contribution in [0.2, 0.25) is 0 Å². The van der Waals surface area contributed by atoms with Crippen molar-refractivity contribution in [3.05, 3.63) is 11.3 Å². The van der Waals surface area contributed by atoms with Gasteiger partial charge in [-0.25, -0.2) is 4.98 Å². The SMILES string of the molecule is COc1nc(N2CCC2)nc2c1CNC2. The van der Waals surface area contributed by atoms with Crippen LogP contribution in [0.25, 0.3) is 0 Å². The number of ether oxygens (including phenoxy) is 1. The van der Waals surface area contributed by atoms with Crippen LogP contribution in [0, 0.1) is 0 Å². The monoisotopic (exact) mass is 206 g/mol. The van der Waals surface area contributed by atoms with E-state index >= 15 is 0 Å². The van der Waals surface area contributed by atoms with Gasteiger partial charge in [0.05, 0.1) is 18.4 Å². The molecule has 1 aromatic heterocycles. The van der Waals surface area contributed by atoms with Gasteiger partial charge in [0.2, 0.25) is 11.8 Å². The molecular formula is C10H14N4O. The Hall–Kier alpha value is -1.36. The van der Waals surface area contributed by atoms with E-state index in [0.717, 1.165) is 49.3 Å². The summed E-state index contributed by atoms with van der Waals surface area (Å²) < 4.78 is 5.30. The molecule has 1 N–H and O–H groups in total. The highest BCUT2D eigenvalue weighted by Crippen LogP contribution is 2.27. The fourth-order valence-corrected chi connectivity index (χ4v) is 1.95. The smallest absolute Gasteiger partial charge is 0.228 e. The summed E-state index contributed by atoms with van der Waals surface area (Å²) in [6.45, 7) is 3.78. The Balaban J connectivity index is 2.02. The molecule has 2 aliphatic heterocycles. The van der Waals surface area contributed by atoms with E-state index in [9.17, 15) is 0 Å². The molecule has 0 radical (unpaired) electrons. The van der Waals surface area contributed by atoms with Gasteiger partial charge in [-0.2, -0.15) is 4.98 Å². The molecule has 5 nitrogen and oxygen atoms in total. The van der Waals surface area contributed by atoms with Crippen LogP contribution >= 0.6 is 0 Å². The number of anilines is 1. The molecule has 0 amide bonds. The first-order valence-electron chi connectivity index (χ1n) is 5.28. The molecule has 0 unspecified atom stereocenters. The zero-order valence-electron chi connectivity index (χ0n) is 8.79. The molecule has 0 atom stereocenters. The van der Waals surface area contributed by atoms with Gasteiger partial charge in [-0.3, -0.25) is 0 Å². The zero-order valence-corrected chi connectivity index (χ0v) is 8.79. The fourth-order valence-electron chi connectivity index (χ4n) is 1.95. The van der Waals surface area contributed by atoms with Gasteiger partial charge < -0.3 is 15.0 Å². The van der Waals surface area contributed by atoms with E-state index in [1.165, 1.54) is 6.42 Å². The molecular weight excluding hydrogens is 192 g/mol. The van der Waals surface area contributed by atoms with Crippen molar-refractivity contribution in [2.24, 2.45) is 0 Å². The molecule has 1 fully saturated rings. The molecule has 15 heavy (non-hydrogen) atoms. The molecule has 0 spiro atoms. The average Bonchev–Trinajstić information content (AvgIpc) is 2.61. The maximum absolute atomic E-state index is 5.30. The van der Waals surface area contributed by atoms with Crippen LogP contribution in [-0.4, -0.2) is 30.2 Å². The van der Waals surface area contributed by atoms with Crippen LogP contribution in [0.1, 0.15) is 17.7 Å². The van der Waals surface area contributed by atoms with E-state index in [2.05, 4.69) is 20.2 Å². The summed E-state index contributed by atoms with van der Waals surface area (Å²) in [4.78, 5) is 11.2. The predicted octanol–water partition coefficient (Wildman–Crippen LogP) is 0.299. The van der Waals surface area contributed by atoms with Crippen molar-refractivity contribution in [3.8, 4) is 5.88 Å². The standard InChI is InChI=1S/C10H14N4O/c1-15-9-7-5-11-6-8(7)12-10(13-9)14-3-2-4-14/h11H,2-6H2,1H3. The van der Waals surface area contributed by atoms with Crippen LogP contribution in [0.15, 0.2) is 0 Å². The Morgan fingerprint density at radius 1 is 1.27 bits per heavy atom. The fraction of sp³-hybridized carbons (Fsp3) is 0.600. The van der Waals surface area contributed by atoms with Crippen LogP contribution < -0.4 is 15.0 Å². The second kappa shape index (κ2) is 3.34. The van der Waals surface area contributed by atoms with Gasteiger partial charge in [0, 0.05) is 26.2 Å². The molecule has 80 valence electrons. The van der Waals surface area contributed by atoms with E-state index in [0.29, 0.717) is 0 Å². The molecule has 2 aliphatic rings. The highest BCUT2D eigenvalue weighted by molar-refractivity contribution is 5.43. The van der Waals surface area contributed by atoms with Crippen LogP contribution in [0.4, 0.5) is 5.95 Å². The lowest BCUT2D eigenvalue weighted by atomic mass is 10.2. The van der Waals surface area contributed by atoms with Crippen LogP contribution in [-0.2, 0) is 13.1 Å². The number of fused-ring (bicyclic) bond motifs is 1. The Morgan fingerprint density at radius 3 is 2.80 bits per heavy atom. The average molecular weight is 206 g/mol. The van der Waals surface area contributed by atoms with E-state index in [1.807, 2.05) is 0 Å². The minimum absolute atomic E-state index is 0.729. The van der Waals surface area contributed by atoms with Gasteiger partial charge in [-0.05, 0) is 6.42 Å². The lowest BCUT2D eigenvalue weighted by Crippen LogP contribution is -2.38. The van der Waals surface area contributed by atoms with Crippen molar-refractivity contribution in [2.45, 2.75) is 19.5 Å². The molecule has 1 aromatic rings. The molecule has 0 aliphatic carbocycles. The summed E-state index contributed by atoms with van der Waals surface area (Å²) >= 11 is 0. The van der Waals surface area contributed by atoms with Crippen molar-refractivity contribution >= 4 is 5.95 Å². The molecule has 0 aromatic carbocycles. The molecule has 0 bridgehead atoms. The van der Waals surface area contributed by atoms with Gasteiger partial charge in [-0.15, -0.1) is 0 Å². The number of aromatic nitrogens is 2. The van der Waals surface area contributed by atoms with E-state index < -0.39 is 0 Å². The van der Waals surface area contributed by atoms with Crippen molar-refractivity contribution < 1.29 is 4.74 Å². The second-order valence-electron chi connectivity index (χ2n) is 3.90. The summed E-state index contributed by atoms with van der Waals surface area (Å²) in [5.41, 5.74) is 2.20. The highest BCUT2D eigenvalue weighted by atomic mass is 16.5. The summed E-state index contributed by atoms with van der Waals surface area (Å²) in [7, 11) is 1.67. The maximum Gasteiger partial charge on any atom is 0.228 e. The van der Waals surface area contributed by atoms with Crippen molar-refractivity contribution in [1.82, 2.24) is 15.3 Å². The number of methoxy groups -OCH3 is 1. The molecule has 1 saturated heterocycles. The first-order chi connectivity index (χ1) is 7.38. The molecule has 0 saturated carbocycles. The minimum Gasteiger partial charge on any atom is -0.481 e. The van der Waals surface area contributed by atoms with Gasteiger partial charge in [-0.1, -0.05) is 0 Å². The first-order valence-corrected chi connectivity index (χ1v) is 5.28. The minimum atomic E-state index is 0.729. The first kappa shape index (κ1) is 8.91. The van der Waals surface area contributed by atoms with Gasteiger partial charge in [0.15, 0.2) is 0 Å². The quantitative estimate of drug-likeness (QED) is 0.754. The third-order valence-corrected chi connectivity index (χ3v) is 2.97. The normalized spacial score (nSPS) is 18.6. The topological polar surface area (TPSA) is 50.3 Å². The van der Waals surface area contributed by atoms with Crippen molar-refractivity contribution in [3.63, 3.8) is 0 Å². The second-order valence-corrected chi connectivity index (χ2v) is 3.90. The number of nitrogens with one attached hydrogen (secondary N) is 1. The number of rotatable bonds is 2.